The number of nitrogens with zero attached hydrogens (tertiary/aromatic N) is 1. The van der Waals surface area contributed by atoms with Crippen LogP contribution in [0.15, 0.2) is 192 Å². The Hall–Kier alpha value is -5.57. The van der Waals surface area contributed by atoms with E-state index in [-0.39, 0.29) is 0 Å². The van der Waals surface area contributed by atoms with Crippen molar-refractivity contribution in [3.63, 3.8) is 0 Å². The maximum atomic E-state index is 2.38. The largest absolute Gasteiger partial charge is 0.311 e. The van der Waals surface area contributed by atoms with E-state index in [1.807, 2.05) is 11.8 Å². The van der Waals surface area contributed by atoms with Gasteiger partial charge in [-0.05, 0) is 125 Å². The molecule has 7 aromatic carbocycles. The zero-order valence-corrected chi connectivity index (χ0v) is 28.9. The van der Waals surface area contributed by atoms with Gasteiger partial charge in [0.2, 0.25) is 0 Å². The van der Waals surface area contributed by atoms with Crippen LogP contribution >= 0.6 is 11.8 Å². The van der Waals surface area contributed by atoms with E-state index in [9.17, 15) is 0 Å². The summed E-state index contributed by atoms with van der Waals surface area (Å²) in [7, 11) is 0. The Morgan fingerprint density at radius 2 is 0.720 bits per heavy atom. The fourth-order valence-electron chi connectivity index (χ4n) is 6.80. The van der Waals surface area contributed by atoms with Crippen LogP contribution in [0.3, 0.4) is 0 Å². The zero-order valence-electron chi connectivity index (χ0n) is 28.1. The quantitative estimate of drug-likeness (QED) is 0.143. The van der Waals surface area contributed by atoms with Crippen LogP contribution in [-0.4, -0.2) is 0 Å². The fraction of sp³-hybridized carbons (Fsp3) is 0.0833. The highest BCUT2D eigenvalue weighted by molar-refractivity contribution is 7.99. The van der Waals surface area contributed by atoms with Crippen LogP contribution in [0.2, 0.25) is 0 Å². The van der Waals surface area contributed by atoms with E-state index in [2.05, 4.69) is 193 Å². The minimum absolute atomic E-state index is 1.02. The van der Waals surface area contributed by atoms with Gasteiger partial charge >= 0.3 is 0 Å². The van der Waals surface area contributed by atoms with Crippen LogP contribution in [0.1, 0.15) is 38.9 Å². The SMILES string of the molecule is C(=C1c2ccccc2Sc2ccccc21)c1ccc(N(c2ccc(CCc3ccccc3)cc2)c2ccc(CCc3ccccc3)cc2)cc1. The molecule has 0 amide bonds. The lowest BCUT2D eigenvalue weighted by Crippen LogP contribution is -2.10. The Labute approximate surface area is 300 Å². The Morgan fingerprint density at radius 1 is 0.360 bits per heavy atom. The molecular formula is C48H39NS. The Morgan fingerprint density at radius 3 is 1.16 bits per heavy atom. The molecule has 7 aromatic rings. The van der Waals surface area contributed by atoms with Crippen molar-refractivity contribution in [1.29, 1.82) is 0 Å². The number of anilines is 3. The molecule has 0 saturated carbocycles. The molecule has 0 spiro atoms. The third-order valence-electron chi connectivity index (χ3n) is 9.52. The molecule has 1 aliphatic heterocycles. The summed E-state index contributed by atoms with van der Waals surface area (Å²) in [5.41, 5.74) is 13.9. The van der Waals surface area contributed by atoms with Gasteiger partial charge in [-0.2, -0.15) is 0 Å². The summed E-state index contributed by atoms with van der Waals surface area (Å²) in [4.78, 5) is 4.99. The molecule has 0 fully saturated rings. The number of hydrogen-bond donors (Lipinski definition) is 0. The summed E-state index contributed by atoms with van der Waals surface area (Å²) in [5.74, 6) is 0. The molecule has 0 atom stereocenters. The molecule has 0 aliphatic carbocycles. The van der Waals surface area contributed by atoms with E-state index in [4.69, 9.17) is 0 Å². The second kappa shape index (κ2) is 14.9. The van der Waals surface area contributed by atoms with Gasteiger partial charge in [0.1, 0.15) is 0 Å². The van der Waals surface area contributed by atoms with Crippen LogP contribution in [-0.2, 0) is 25.7 Å². The van der Waals surface area contributed by atoms with Crippen molar-refractivity contribution in [1.82, 2.24) is 0 Å². The van der Waals surface area contributed by atoms with Gasteiger partial charge in [-0.15, -0.1) is 0 Å². The molecule has 0 N–H and O–H groups in total. The van der Waals surface area contributed by atoms with E-state index >= 15 is 0 Å². The van der Waals surface area contributed by atoms with Crippen LogP contribution < -0.4 is 4.90 Å². The van der Waals surface area contributed by atoms with Crippen molar-refractivity contribution in [2.75, 3.05) is 4.90 Å². The molecule has 0 bridgehead atoms. The molecule has 0 saturated heterocycles. The van der Waals surface area contributed by atoms with Gasteiger partial charge in [-0.25, -0.2) is 0 Å². The van der Waals surface area contributed by atoms with Crippen molar-refractivity contribution in [3.8, 4) is 0 Å². The highest BCUT2D eigenvalue weighted by Gasteiger charge is 2.20. The predicted molar refractivity (Wildman–Crippen MR) is 213 cm³/mol. The monoisotopic (exact) mass is 661 g/mol. The second-order valence-electron chi connectivity index (χ2n) is 12.9. The third kappa shape index (κ3) is 7.22. The molecule has 0 aromatic heterocycles. The van der Waals surface area contributed by atoms with Crippen molar-refractivity contribution in [2.45, 2.75) is 35.5 Å². The number of rotatable bonds is 10. The van der Waals surface area contributed by atoms with Gasteiger partial charge in [0.25, 0.3) is 0 Å². The second-order valence-corrected chi connectivity index (χ2v) is 14.0. The summed E-state index contributed by atoms with van der Waals surface area (Å²) < 4.78 is 0. The van der Waals surface area contributed by atoms with Crippen LogP contribution in [0.4, 0.5) is 17.1 Å². The minimum Gasteiger partial charge on any atom is -0.311 e. The smallest absolute Gasteiger partial charge is 0.0462 e. The highest BCUT2D eigenvalue weighted by atomic mass is 32.2. The first kappa shape index (κ1) is 31.7. The van der Waals surface area contributed by atoms with Crippen molar-refractivity contribution in [2.24, 2.45) is 0 Å². The number of fused-ring (bicyclic) bond motifs is 2. The summed E-state index contributed by atoms with van der Waals surface area (Å²) in [5, 5.41) is 0. The third-order valence-corrected chi connectivity index (χ3v) is 10.7. The Kier molecular flexibility index (Phi) is 9.44. The van der Waals surface area contributed by atoms with E-state index in [1.54, 1.807) is 0 Å². The molecule has 50 heavy (non-hydrogen) atoms. The number of benzene rings is 7. The van der Waals surface area contributed by atoms with Crippen molar-refractivity contribution in [3.05, 3.63) is 221 Å². The molecule has 0 unspecified atom stereocenters. The Bertz CT molecular complexity index is 2070. The van der Waals surface area contributed by atoms with Gasteiger partial charge in [-0.1, -0.05) is 145 Å². The highest BCUT2D eigenvalue weighted by Crippen LogP contribution is 2.46. The number of aryl methyl sites for hydroxylation is 4. The molecule has 242 valence electrons. The molecule has 8 rings (SSSR count). The molecule has 1 nitrogen and oxygen atoms in total. The molecular weight excluding hydrogens is 623 g/mol. The average molecular weight is 662 g/mol. The van der Waals surface area contributed by atoms with E-state index < -0.39 is 0 Å². The maximum Gasteiger partial charge on any atom is 0.0462 e. The lowest BCUT2D eigenvalue weighted by Gasteiger charge is -2.26. The predicted octanol–water partition coefficient (Wildman–Crippen LogP) is 12.8. The summed E-state index contributed by atoms with van der Waals surface area (Å²) in [6.07, 6.45) is 6.47. The number of hydrogen-bond acceptors (Lipinski definition) is 2. The topological polar surface area (TPSA) is 3.24 Å². The zero-order chi connectivity index (χ0) is 33.5. The first-order valence-corrected chi connectivity index (χ1v) is 18.3. The molecule has 1 heterocycles. The normalized spacial score (nSPS) is 11.8. The fourth-order valence-corrected chi connectivity index (χ4v) is 7.90. The van der Waals surface area contributed by atoms with Gasteiger partial charge in [0, 0.05) is 26.9 Å². The average Bonchev–Trinajstić information content (AvgIpc) is 3.19. The lowest BCUT2D eigenvalue weighted by atomic mass is 9.95. The summed E-state index contributed by atoms with van der Waals surface area (Å²) >= 11 is 1.86. The first-order valence-electron chi connectivity index (χ1n) is 17.5. The van der Waals surface area contributed by atoms with Gasteiger partial charge < -0.3 is 4.90 Å². The summed E-state index contributed by atoms with van der Waals surface area (Å²) in [6.45, 7) is 0. The minimum atomic E-state index is 1.02. The van der Waals surface area contributed by atoms with E-state index in [1.165, 1.54) is 54.3 Å². The van der Waals surface area contributed by atoms with Crippen LogP contribution in [0, 0.1) is 0 Å². The molecule has 1 aliphatic rings. The van der Waals surface area contributed by atoms with E-state index in [0.29, 0.717) is 0 Å². The summed E-state index contributed by atoms with van der Waals surface area (Å²) in [6, 6.07) is 66.2. The maximum absolute atomic E-state index is 2.38. The van der Waals surface area contributed by atoms with Crippen molar-refractivity contribution >= 4 is 40.5 Å². The van der Waals surface area contributed by atoms with E-state index in [0.717, 1.165) is 42.7 Å². The lowest BCUT2D eigenvalue weighted by molar-refractivity contribution is 0.959. The van der Waals surface area contributed by atoms with Crippen molar-refractivity contribution < 1.29 is 0 Å². The molecule has 0 radical (unpaired) electrons. The Balaban J connectivity index is 1.09. The van der Waals surface area contributed by atoms with Gasteiger partial charge in [0.15, 0.2) is 0 Å². The first-order chi connectivity index (χ1) is 24.8. The standard InChI is InChI=1S/C48H39NS/c1-3-11-36(12-4-1)19-21-38-23-29-41(30-24-38)49(42-31-25-39(26-32-42)22-20-37-13-5-2-6-14-37)43-33-27-40(28-34-43)35-46-44-15-7-9-17-47(44)50-48-18-10-8-16-45(46)48/h1-18,23-35H,19-22H2. The van der Waals surface area contributed by atoms with Crippen LogP contribution in [0.25, 0.3) is 11.6 Å². The van der Waals surface area contributed by atoms with Gasteiger partial charge in [-0.3, -0.25) is 0 Å². The van der Waals surface area contributed by atoms with Gasteiger partial charge in [0.05, 0.1) is 0 Å². The molecule has 2 heteroatoms. The van der Waals surface area contributed by atoms with Crippen LogP contribution in [0.5, 0.6) is 0 Å².